The molecular formula is C14H17FN2S. The van der Waals surface area contributed by atoms with Crippen molar-refractivity contribution < 1.29 is 4.39 Å². The van der Waals surface area contributed by atoms with E-state index >= 15 is 0 Å². The number of hydrogen-bond acceptors (Lipinski definition) is 3. The summed E-state index contributed by atoms with van der Waals surface area (Å²) in [6.07, 6.45) is 3.76. The van der Waals surface area contributed by atoms with Gasteiger partial charge < -0.3 is 5.32 Å². The van der Waals surface area contributed by atoms with Crippen LogP contribution in [0.5, 0.6) is 0 Å². The molecule has 1 N–H and O–H groups in total. The molecule has 1 heterocycles. The monoisotopic (exact) mass is 264 g/mol. The molecule has 0 fully saturated rings. The summed E-state index contributed by atoms with van der Waals surface area (Å²) < 4.78 is 13.2. The van der Waals surface area contributed by atoms with E-state index in [1.54, 1.807) is 23.5 Å². The van der Waals surface area contributed by atoms with Crippen molar-refractivity contribution >= 4 is 11.3 Å². The van der Waals surface area contributed by atoms with Gasteiger partial charge in [-0.25, -0.2) is 4.39 Å². The molecule has 0 aliphatic heterocycles. The normalized spacial score (nSPS) is 12.6. The Morgan fingerprint density at radius 3 is 3.00 bits per heavy atom. The predicted octanol–water partition coefficient (Wildman–Crippen LogP) is 3.57. The van der Waals surface area contributed by atoms with Gasteiger partial charge in [0.15, 0.2) is 0 Å². The Kier molecular flexibility index (Phi) is 4.84. The summed E-state index contributed by atoms with van der Waals surface area (Å²) in [7, 11) is 0. The van der Waals surface area contributed by atoms with Gasteiger partial charge in [-0.1, -0.05) is 19.1 Å². The number of benzene rings is 1. The molecule has 0 saturated carbocycles. The molecule has 0 amide bonds. The number of halogens is 1. The van der Waals surface area contributed by atoms with Crippen LogP contribution in [0.3, 0.4) is 0 Å². The molecule has 2 aromatic rings. The average molecular weight is 264 g/mol. The van der Waals surface area contributed by atoms with E-state index in [9.17, 15) is 4.39 Å². The van der Waals surface area contributed by atoms with E-state index in [0.717, 1.165) is 24.9 Å². The molecule has 18 heavy (non-hydrogen) atoms. The first-order valence-corrected chi connectivity index (χ1v) is 7.03. The fraction of sp³-hybridized carbons (Fsp3) is 0.357. The summed E-state index contributed by atoms with van der Waals surface area (Å²) in [5.74, 6) is -0.175. The Hall–Kier alpha value is -1.26. The molecule has 0 spiro atoms. The number of nitrogens with one attached hydrogen (secondary N) is 1. The number of nitrogens with zero attached hydrogens (tertiary/aromatic N) is 1. The van der Waals surface area contributed by atoms with E-state index in [4.69, 9.17) is 0 Å². The minimum atomic E-state index is -0.175. The summed E-state index contributed by atoms with van der Waals surface area (Å²) in [5, 5.41) is 3.49. The van der Waals surface area contributed by atoms with Gasteiger partial charge in [0.05, 0.1) is 5.51 Å². The van der Waals surface area contributed by atoms with E-state index in [0.29, 0.717) is 0 Å². The van der Waals surface area contributed by atoms with Gasteiger partial charge >= 0.3 is 0 Å². The second kappa shape index (κ2) is 6.61. The quantitative estimate of drug-likeness (QED) is 0.863. The summed E-state index contributed by atoms with van der Waals surface area (Å²) in [6.45, 7) is 3.09. The van der Waals surface area contributed by atoms with Crippen molar-refractivity contribution in [1.29, 1.82) is 0 Å². The first-order chi connectivity index (χ1) is 8.79. The lowest BCUT2D eigenvalue weighted by Crippen LogP contribution is -2.23. The van der Waals surface area contributed by atoms with Crippen LogP contribution in [0.25, 0.3) is 0 Å². The molecule has 1 atom stereocenters. The minimum absolute atomic E-state index is 0.175. The first-order valence-electron chi connectivity index (χ1n) is 6.16. The summed E-state index contributed by atoms with van der Waals surface area (Å²) >= 11 is 1.64. The van der Waals surface area contributed by atoms with Crippen LogP contribution in [0.1, 0.15) is 29.8 Å². The Bertz CT molecular complexity index is 470. The molecule has 96 valence electrons. The molecule has 0 saturated heterocycles. The van der Waals surface area contributed by atoms with Crippen LogP contribution in [0, 0.1) is 5.82 Å². The van der Waals surface area contributed by atoms with E-state index in [2.05, 4.69) is 17.2 Å². The maximum absolute atomic E-state index is 13.2. The predicted molar refractivity (Wildman–Crippen MR) is 73.3 cm³/mol. The van der Waals surface area contributed by atoms with Crippen molar-refractivity contribution in [1.82, 2.24) is 10.3 Å². The van der Waals surface area contributed by atoms with Gasteiger partial charge in [0, 0.05) is 17.1 Å². The Morgan fingerprint density at radius 1 is 1.44 bits per heavy atom. The highest BCUT2D eigenvalue weighted by atomic mass is 32.1. The Labute approximate surface area is 111 Å². The lowest BCUT2D eigenvalue weighted by Gasteiger charge is -2.16. The van der Waals surface area contributed by atoms with E-state index in [1.807, 2.05) is 17.8 Å². The van der Waals surface area contributed by atoms with Gasteiger partial charge in [0.2, 0.25) is 0 Å². The van der Waals surface area contributed by atoms with Gasteiger partial charge in [-0.3, -0.25) is 4.98 Å². The highest BCUT2D eigenvalue weighted by molar-refractivity contribution is 7.09. The zero-order valence-corrected chi connectivity index (χ0v) is 11.2. The minimum Gasteiger partial charge on any atom is -0.309 e. The molecular weight excluding hydrogens is 247 g/mol. The van der Waals surface area contributed by atoms with Crippen molar-refractivity contribution in [3.63, 3.8) is 0 Å². The fourth-order valence-corrected chi connectivity index (χ4v) is 2.59. The van der Waals surface area contributed by atoms with Gasteiger partial charge in [0.1, 0.15) is 5.82 Å². The molecule has 0 aliphatic carbocycles. The van der Waals surface area contributed by atoms with Crippen LogP contribution in [-0.2, 0) is 6.42 Å². The van der Waals surface area contributed by atoms with Crippen LogP contribution in [0.15, 0.2) is 36.0 Å². The third-order valence-electron chi connectivity index (χ3n) is 2.76. The lowest BCUT2D eigenvalue weighted by molar-refractivity contribution is 0.533. The van der Waals surface area contributed by atoms with Gasteiger partial charge in [-0.2, -0.15) is 0 Å². The maximum atomic E-state index is 13.2. The molecule has 0 bridgehead atoms. The third-order valence-corrected chi connectivity index (χ3v) is 3.65. The van der Waals surface area contributed by atoms with Crippen molar-refractivity contribution in [3.05, 3.63) is 52.2 Å². The number of thiazole rings is 1. The molecule has 4 heteroatoms. The van der Waals surface area contributed by atoms with Crippen molar-refractivity contribution in [2.24, 2.45) is 0 Å². The summed E-state index contributed by atoms with van der Waals surface area (Å²) in [5.41, 5.74) is 2.85. The highest BCUT2D eigenvalue weighted by Crippen LogP contribution is 2.22. The zero-order valence-electron chi connectivity index (χ0n) is 10.4. The largest absolute Gasteiger partial charge is 0.309 e. The second-order valence-electron chi connectivity index (χ2n) is 4.24. The molecule has 2 nitrogen and oxygen atoms in total. The third kappa shape index (κ3) is 3.62. The highest BCUT2D eigenvalue weighted by Gasteiger charge is 2.13. The van der Waals surface area contributed by atoms with E-state index in [1.165, 1.54) is 10.9 Å². The van der Waals surface area contributed by atoms with Crippen molar-refractivity contribution in [3.8, 4) is 0 Å². The van der Waals surface area contributed by atoms with Gasteiger partial charge in [-0.15, -0.1) is 11.3 Å². The maximum Gasteiger partial charge on any atom is 0.123 e. The van der Waals surface area contributed by atoms with Gasteiger partial charge in [-0.05, 0) is 37.1 Å². The molecule has 0 aliphatic rings. The molecule has 1 aromatic heterocycles. The number of rotatable bonds is 6. The lowest BCUT2D eigenvalue weighted by atomic mass is 10.0. The van der Waals surface area contributed by atoms with Crippen LogP contribution < -0.4 is 5.32 Å². The molecule has 1 unspecified atom stereocenters. The molecule has 2 rings (SSSR count). The van der Waals surface area contributed by atoms with Crippen molar-refractivity contribution in [2.75, 3.05) is 6.54 Å². The smallest absolute Gasteiger partial charge is 0.123 e. The number of aromatic nitrogens is 1. The van der Waals surface area contributed by atoms with Crippen molar-refractivity contribution in [2.45, 2.75) is 25.8 Å². The SMILES string of the molecule is CCCNC(Cc1cccc(F)c1)c1cncs1. The topological polar surface area (TPSA) is 24.9 Å². The van der Waals surface area contributed by atoms with Crippen LogP contribution in [0.4, 0.5) is 4.39 Å². The second-order valence-corrected chi connectivity index (χ2v) is 5.16. The van der Waals surface area contributed by atoms with E-state index < -0.39 is 0 Å². The Morgan fingerprint density at radius 2 is 2.33 bits per heavy atom. The average Bonchev–Trinajstić information content (AvgIpc) is 2.88. The van der Waals surface area contributed by atoms with Crippen LogP contribution >= 0.6 is 11.3 Å². The molecule has 0 radical (unpaired) electrons. The summed E-state index contributed by atoms with van der Waals surface area (Å²) in [6, 6.07) is 7.02. The van der Waals surface area contributed by atoms with Crippen LogP contribution in [0.2, 0.25) is 0 Å². The standard InChI is InChI=1S/C14H17FN2S/c1-2-6-17-13(14-9-16-10-18-14)8-11-4-3-5-12(15)7-11/h3-5,7,9-10,13,17H,2,6,8H2,1H3. The molecule has 1 aromatic carbocycles. The van der Waals surface area contributed by atoms with E-state index in [-0.39, 0.29) is 11.9 Å². The fourth-order valence-electron chi connectivity index (χ4n) is 1.89. The van der Waals surface area contributed by atoms with Crippen LogP contribution in [-0.4, -0.2) is 11.5 Å². The van der Waals surface area contributed by atoms with Gasteiger partial charge in [0.25, 0.3) is 0 Å². The summed E-state index contributed by atoms with van der Waals surface area (Å²) in [4.78, 5) is 5.32. The number of hydrogen-bond donors (Lipinski definition) is 1. The zero-order chi connectivity index (χ0) is 12.8. The first kappa shape index (κ1) is 13.2. The Balaban J connectivity index is 2.10.